The van der Waals surface area contributed by atoms with Gasteiger partial charge in [0.15, 0.2) is 5.54 Å². The van der Waals surface area contributed by atoms with Crippen molar-refractivity contribution >= 4 is 35.5 Å². The topological polar surface area (TPSA) is 106 Å². The van der Waals surface area contributed by atoms with Crippen molar-refractivity contribution < 1.29 is 19.8 Å². The maximum Gasteiger partial charge on any atom is 0.331 e. The van der Waals surface area contributed by atoms with E-state index in [2.05, 4.69) is 14.9 Å². The Hall–Kier alpha value is -2.97. The number of hydrogen-bond donors (Lipinski definition) is 2. The van der Waals surface area contributed by atoms with Gasteiger partial charge in [0.1, 0.15) is 5.82 Å². The smallest absolute Gasteiger partial charge is 0.331 e. The van der Waals surface area contributed by atoms with Crippen LogP contribution in [0.2, 0.25) is 5.02 Å². The molecule has 1 saturated carbocycles. The van der Waals surface area contributed by atoms with Crippen LogP contribution in [0.3, 0.4) is 0 Å². The number of aliphatic hydroxyl groups excluding tert-OH is 1. The second-order valence-electron chi connectivity index (χ2n) is 7.75. The Morgan fingerprint density at radius 3 is 2.58 bits per heavy atom. The minimum absolute atomic E-state index is 0.0970. The number of aliphatic imine (C=N–C) groups is 1. The van der Waals surface area contributed by atoms with Gasteiger partial charge < -0.3 is 20.0 Å². The van der Waals surface area contributed by atoms with Gasteiger partial charge in [-0.05, 0) is 30.7 Å². The molecule has 2 aromatic rings. The molecule has 0 bridgehead atoms. The zero-order valence-corrected chi connectivity index (χ0v) is 17.6. The van der Waals surface area contributed by atoms with Gasteiger partial charge in [-0.25, -0.2) is 9.78 Å². The lowest BCUT2D eigenvalue weighted by Crippen LogP contribution is -2.49. The molecule has 2 unspecified atom stereocenters. The van der Waals surface area contributed by atoms with Gasteiger partial charge in [-0.1, -0.05) is 23.7 Å². The van der Waals surface area contributed by atoms with Crippen LogP contribution in [0.15, 0.2) is 47.6 Å². The summed E-state index contributed by atoms with van der Waals surface area (Å²) in [5.74, 6) is -0.793. The number of carbonyl (C=O) groups is 2. The highest BCUT2D eigenvalue weighted by Gasteiger charge is 2.60. The van der Waals surface area contributed by atoms with Crippen LogP contribution in [-0.2, 0) is 4.79 Å². The fourth-order valence-corrected chi connectivity index (χ4v) is 4.11. The molecule has 1 aliphatic carbocycles. The lowest BCUT2D eigenvalue weighted by atomic mass is 10.1. The number of piperazine rings is 1. The number of benzene rings is 1. The number of pyridine rings is 1. The minimum atomic E-state index is -1.25. The van der Waals surface area contributed by atoms with E-state index in [0.29, 0.717) is 54.6 Å². The van der Waals surface area contributed by atoms with Gasteiger partial charge in [0.2, 0.25) is 0 Å². The van der Waals surface area contributed by atoms with Crippen LogP contribution in [0, 0.1) is 5.92 Å². The van der Waals surface area contributed by atoms with E-state index in [0.717, 1.165) is 0 Å². The summed E-state index contributed by atoms with van der Waals surface area (Å²) in [7, 11) is 0. The molecule has 2 fully saturated rings. The van der Waals surface area contributed by atoms with Gasteiger partial charge in [0.25, 0.3) is 5.91 Å². The van der Waals surface area contributed by atoms with Gasteiger partial charge in [-0.15, -0.1) is 0 Å². The van der Waals surface area contributed by atoms with E-state index in [1.165, 1.54) is 6.21 Å². The molecule has 0 radical (unpaired) electrons. The number of amides is 1. The summed E-state index contributed by atoms with van der Waals surface area (Å²) in [4.78, 5) is 37.0. The maximum atomic E-state index is 12.8. The number of halogens is 1. The highest BCUT2D eigenvalue weighted by Crippen LogP contribution is 2.47. The zero-order chi connectivity index (χ0) is 22.0. The number of hydrogen-bond acceptors (Lipinski definition) is 6. The van der Waals surface area contributed by atoms with E-state index >= 15 is 0 Å². The summed E-state index contributed by atoms with van der Waals surface area (Å²) in [5, 5.41) is 19.3. The third-order valence-electron chi connectivity index (χ3n) is 5.89. The molecule has 2 atom stereocenters. The summed E-state index contributed by atoms with van der Waals surface area (Å²) in [6.45, 7) is 1.99. The van der Waals surface area contributed by atoms with E-state index in [9.17, 15) is 19.8 Å². The van der Waals surface area contributed by atoms with Crippen LogP contribution in [0.4, 0.5) is 5.82 Å². The van der Waals surface area contributed by atoms with Crippen LogP contribution < -0.4 is 4.90 Å². The second-order valence-corrected chi connectivity index (χ2v) is 8.15. The fourth-order valence-electron chi connectivity index (χ4n) is 3.89. The number of nitrogens with zero attached hydrogens (tertiary/aromatic N) is 4. The predicted molar refractivity (Wildman–Crippen MR) is 117 cm³/mol. The summed E-state index contributed by atoms with van der Waals surface area (Å²) >= 11 is 6.16. The molecule has 1 aromatic heterocycles. The van der Waals surface area contributed by atoms with Crippen molar-refractivity contribution in [1.82, 2.24) is 9.88 Å². The van der Waals surface area contributed by atoms with Crippen molar-refractivity contribution in [2.45, 2.75) is 12.0 Å². The number of anilines is 1. The van der Waals surface area contributed by atoms with Gasteiger partial charge in [0.05, 0.1) is 10.6 Å². The molecule has 1 aliphatic heterocycles. The Balaban J connectivity index is 1.46. The van der Waals surface area contributed by atoms with Crippen LogP contribution >= 0.6 is 11.6 Å². The largest absolute Gasteiger partial charge is 0.479 e. The number of aliphatic hydroxyl groups is 1. The minimum Gasteiger partial charge on any atom is -0.479 e. The number of rotatable bonds is 6. The quantitative estimate of drug-likeness (QED) is 0.662. The third kappa shape index (κ3) is 4.13. The Labute approximate surface area is 184 Å². The van der Waals surface area contributed by atoms with Gasteiger partial charge in [-0.3, -0.25) is 9.79 Å². The first-order valence-electron chi connectivity index (χ1n) is 10.1. The SMILES string of the molecule is O=C(c1ccccc1Cl)N1CCN(c2ncccc2C=NC2(C(=O)O)CC2CO)CC1. The number of aromatic nitrogens is 1. The van der Waals surface area contributed by atoms with E-state index in [1.807, 2.05) is 6.07 Å². The van der Waals surface area contributed by atoms with Crippen molar-refractivity contribution in [3.63, 3.8) is 0 Å². The molecule has 8 nitrogen and oxygen atoms in total. The normalized spacial score (nSPS) is 23.2. The van der Waals surface area contributed by atoms with Crippen molar-refractivity contribution in [3.8, 4) is 0 Å². The van der Waals surface area contributed by atoms with Gasteiger partial charge in [-0.2, -0.15) is 0 Å². The molecule has 1 aromatic carbocycles. The molecule has 1 saturated heterocycles. The Kier molecular flexibility index (Phi) is 5.93. The van der Waals surface area contributed by atoms with Crippen LogP contribution in [0.25, 0.3) is 0 Å². The van der Waals surface area contributed by atoms with Crippen LogP contribution in [0.1, 0.15) is 22.3 Å². The molecule has 2 N–H and O–H groups in total. The molecule has 1 amide bonds. The molecule has 9 heteroatoms. The summed E-state index contributed by atoms with van der Waals surface area (Å²) in [6.07, 6.45) is 3.54. The first-order chi connectivity index (χ1) is 15.0. The Morgan fingerprint density at radius 2 is 1.94 bits per heavy atom. The average Bonchev–Trinajstić information content (AvgIpc) is 3.53. The lowest BCUT2D eigenvalue weighted by molar-refractivity contribution is -0.140. The number of carbonyl (C=O) groups excluding carboxylic acids is 1. The standard InChI is InChI=1S/C22H23ClN4O4/c23-18-6-2-1-5-17(18)20(29)27-10-8-26(9-11-27)19-15(4-3-7-24-19)13-25-22(21(30)31)12-16(22)14-28/h1-7,13,16,28H,8-12,14H2,(H,30,31). The van der Waals surface area contributed by atoms with E-state index in [4.69, 9.17) is 11.6 Å². The molecular weight excluding hydrogens is 420 g/mol. The fraction of sp³-hybridized carbons (Fsp3) is 0.364. The summed E-state index contributed by atoms with van der Waals surface area (Å²) in [6, 6.07) is 10.6. The zero-order valence-electron chi connectivity index (χ0n) is 16.8. The van der Waals surface area contributed by atoms with Gasteiger partial charge in [0, 0.05) is 56.7 Å². The average molecular weight is 443 g/mol. The Morgan fingerprint density at radius 1 is 1.19 bits per heavy atom. The molecule has 2 heterocycles. The van der Waals surface area contributed by atoms with Crippen molar-refractivity contribution in [1.29, 1.82) is 0 Å². The molecule has 0 spiro atoms. The predicted octanol–water partition coefficient (Wildman–Crippen LogP) is 1.95. The first kappa shape index (κ1) is 21.3. The van der Waals surface area contributed by atoms with E-state index in [1.54, 1.807) is 41.4 Å². The third-order valence-corrected chi connectivity index (χ3v) is 6.21. The number of carboxylic acids is 1. The van der Waals surface area contributed by atoms with E-state index < -0.39 is 11.5 Å². The highest BCUT2D eigenvalue weighted by molar-refractivity contribution is 6.33. The molecule has 2 aliphatic rings. The van der Waals surface area contributed by atoms with E-state index in [-0.39, 0.29) is 18.4 Å². The molecular formula is C22H23ClN4O4. The van der Waals surface area contributed by atoms with Crippen molar-refractivity contribution in [2.75, 3.05) is 37.7 Å². The van der Waals surface area contributed by atoms with Crippen LogP contribution in [0.5, 0.6) is 0 Å². The first-order valence-corrected chi connectivity index (χ1v) is 10.5. The monoisotopic (exact) mass is 442 g/mol. The summed E-state index contributed by atoms with van der Waals surface area (Å²) in [5.41, 5.74) is -0.0511. The Bertz CT molecular complexity index is 1020. The summed E-state index contributed by atoms with van der Waals surface area (Å²) < 4.78 is 0. The van der Waals surface area contributed by atoms with Crippen molar-refractivity contribution in [3.05, 3.63) is 58.7 Å². The molecule has 31 heavy (non-hydrogen) atoms. The molecule has 162 valence electrons. The van der Waals surface area contributed by atoms with Gasteiger partial charge >= 0.3 is 5.97 Å². The lowest BCUT2D eigenvalue weighted by Gasteiger charge is -2.36. The number of carboxylic acid groups (broad SMARTS) is 1. The highest BCUT2D eigenvalue weighted by atomic mass is 35.5. The second kappa shape index (κ2) is 8.64. The van der Waals surface area contributed by atoms with Crippen LogP contribution in [-0.4, -0.2) is 76.5 Å². The maximum absolute atomic E-state index is 12.8. The number of aliphatic carboxylic acids is 1. The molecule has 4 rings (SSSR count). The van der Waals surface area contributed by atoms with Crippen molar-refractivity contribution in [2.24, 2.45) is 10.9 Å².